The van der Waals surface area contributed by atoms with Crippen molar-refractivity contribution in [2.45, 2.75) is 354 Å². The molecule has 374 valence electrons. The van der Waals surface area contributed by atoms with Crippen LogP contribution in [0.2, 0.25) is 0 Å². The highest BCUT2D eigenvalue weighted by Gasteiger charge is 2.28. The number of unbranched alkanes of at least 4 members (excludes halogenated alkanes) is 45. The van der Waals surface area contributed by atoms with Crippen molar-refractivity contribution in [3.8, 4) is 0 Å². The van der Waals surface area contributed by atoms with Gasteiger partial charge in [0.05, 0.1) is 0 Å². The second-order valence-corrected chi connectivity index (χ2v) is 21.0. The van der Waals surface area contributed by atoms with Gasteiger partial charge in [-0.3, -0.25) is 0 Å². The largest absolute Gasteiger partial charge is 0.321 e. The lowest BCUT2D eigenvalue weighted by molar-refractivity contribution is 0.340. The van der Waals surface area contributed by atoms with E-state index in [0.717, 1.165) is 0 Å². The van der Waals surface area contributed by atoms with E-state index in [-0.39, 0.29) is 17.9 Å². The Hall–Kier alpha value is -0.530. The maximum Gasteiger partial charge on any atom is 0.0412 e. The van der Waals surface area contributed by atoms with Crippen molar-refractivity contribution in [1.82, 2.24) is 0 Å². The first-order valence-electron chi connectivity index (χ1n) is 29.5. The molecular weight excluding hydrogens is 782 g/mol. The standard InChI is InChI=1S/C61H117N.ClH/c1-4-7-10-13-16-19-22-25-28-31-34-37-40-43-46-49-54-59-55-50-51-56-60(59)61(62,57-52-47-44-41-38-35-32-29-26-23-20-17-14-11-8-5-2)58-53-48-45-42-39-36-33-30-27-24-21-18-15-12-9-6-3;/h50-51,55-56H,4-49,52-54,57-58,62H2,1-3H3;1H. The van der Waals surface area contributed by atoms with Crippen LogP contribution in [-0.4, -0.2) is 0 Å². The van der Waals surface area contributed by atoms with Gasteiger partial charge in [0.15, 0.2) is 0 Å². The molecule has 0 fully saturated rings. The molecule has 0 radical (unpaired) electrons. The average Bonchev–Trinajstić information content (AvgIpc) is 3.28. The van der Waals surface area contributed by atoms with Crippen molar-refractivity contribution in [2.75, 3.05) is 0 Å². The number of rotatable bonds is 52. The fourth-order valence-corrected chi connectivity index (χ4v) is 10.5. The Balaban J connectivity index is 0.0000384. The highest BCUT2D eigenvalue weighted by molar-refractivity contribution is 5.85. The van der Waals surface area contributed by atoms with Crippen LogP contribution in [0.4, 0.5) is 0 Å². The summed E-state index contributed by atoms with van der Waals surface area (Å²) in [5.74, 6) is 0. The SMILES string of the molecule is CCCCCCCCCCCCCCCCCCc1ccccc1C(N)(CCCCCCCCCCCCCCCCCC)CCCCCCCCCCCCCCCCCC.Cl. The maximum atomic E-state index is 7.60. The van der Waals surface area contributed by atoms with Crippen LogP contribution < -0.4 is 5.73 Å². The highest BCUT2D eigenvalue weighted by Crippen LogP contribution is 2.34. The molecule has 0 aliphatic carbocycles. The first kappa shape index (κ1) is 62.5. The summed E-state index contributed by atoms with van der Waals surface area (Å²) in [6, 6.07) is 9.44. The number of halogens is 1. The lowest BCUT2D eigenvalue weighted by Gasteiger charge is -2.33. The predicted octanol–water partition coefficient (Wildman–Crippen LogP) is 22.4. The van der Waals surface area contributed by atoms with Gasteiger partial charge < -0.3 is 5.73 Å². The van der Waals surface area contributed by atoms with Gasteiger partial charge in [0, 0.05) is 5.54 Å². The molecule has 0 aliphatic heterocycles. The fraction of sp³-hybridized carbons (Fsp3) is 0.902. The molecule has 1 aromatic rings. The molecule has 0 aromatic heterocycles. The van der Waals surface area contributed by atoms with Gasteiger partial charge in [-0.25, -0.2) is 0 Å². The monoisotopic (exact) mass is 900 g/mol. The van der Waals surface area contributed by atoms with E-state index < -0.39 is 0 Å². The third-order valence-electron chi connectivity index (χ3n) is 14.8. The summed E-state index contributed by atoms with van der Waals surface area (Å²) in [7, 11) is 0. The third-order valence-corrected chi connectivity index (χ3v) is 14.8. The molecule has 0 atom stereocenters. The Labute approximate surface area is 405 Å². The Kier molecular flexibility index (Phi) is 50.4. The molecule has 63 heavy (non-hydrogen) atoms. The van der Waals surface area contributed by atoms with Gasteiger partial charge in [-0.1, -0.05) is 347 Å². The summed E-state index contributed by atoms with van der Waals surface area (Å²) in [5, 5.41) is 0. The van der Waals surface area contributed by atoms with Crippen LogP contribution in [0.5, 0.6) is 0 Å². The van der Waals surface area contributed by atoms with Gasteiger partial charge in [0.1, 0.15) is 0 Å². The number of nitrogens with two attached hydrogens (primary N) is 1. The molecule has 1 nitrogen and oxygen atoms in total. The van der Waals surface area contributed by atoms with Gasteiger partial charge >= 0.3 is 0 Å². The van der Waals surface area contributed by atoms with Gasteiger partial charge in [-0.05, 0) is 36.8 Å². The second-order valence-electron chi connectivity index (χ2n) is 21.0. The Morgan fingerprint density at radius 1 is 0.286 bits per heavy atom. The second kappa shape index (κ2) is 50.9. The van der Waals surface area contributed by atoms with Gasteiger partial charge in [-0.15, -0.1) is 12.4 Å². The topological polar surface area (TPSA) is 26.0 Å². The molecule has 0 unspecified atom stereocenters. The zero-order valence-electron chi connectivity index (χ0n) is 43.9. The number of aryl methyl sites for hydroxylation is 1. The van der Waals surface area contributed by atoms with Crippen LogP contribution in [0.25, 0.3) is 0 Å². The maximum absolute atomic E-state index is 7.60. The number of hydrogen-bond donors (Lipinski definition) is 1. The zero-order chi connectivity index (χ0) is 44.5. The smallest absolute Gasteiger partial charge is 0.0412 e. The van der Waals surface area contributed by atoms with Crippen LogP contribution in [0.3, 0.4) is 0 Å². The molecular formula is C61H118ClN. The van der Waals surface area contributed by atoms with Crippen LogP contribution >= 0.6 is 12.4 Å². The van der Waals surface area contributed by atoms with Gasteiger partial charge in [0.2, 0.25) is 0 Å². The molecule has 0 amide bonds. The minimum Gasteiger partial charge on any atom is -0.321 e. The Bertz CT molecular complexity index is 953. The molecule has 0 saturated carbocycles. The lowest BCUT2D eigenvalue weighted by atomic mass is 9.78. The summed E-state index contributed by atoms with van der Waals surface area (Å²) in [4.78, 5) is 0. The number of hydrogen-bond acceptors (Lipinski definition) is 1. The summed E-state index contributed by atoms with van der Waals surface area (Å²) < 4.78 is 0. The minimum absolute atomic E-state index is 0. The molecule has 2 heteroatoms. The van der Waals surface area contributed by atoms with E-state index in [2.05, 4.69) is 45.0 Å². The molecule has 1 rings (SSSR count). The van der Waals surface area contributed by atoms with Crippen LogP contribution in [0.15, 0.2) is 24.3 Å². The minimum atomic E-state index is -0.155. The quantitative estimate of drug-likeness (QED) is 0.0648. The van der Waals surface area contributed by atoms with Crippen LogP contribution in [-0.2, 0) is 12.0 Å². The van der Waals surface area contributed by atoms with Crippen molar-refractivity contribution in [3.63, 3.8) is 0 Å². The molecule has 0 heterocycles. The molecule has 0 bridgehead atoms. The van der Waals surface area contributed by atoms with Gasteiger partial charge in [0.25, 0.3) is 0 Å². The number of benzene rings is 1. The first-order chi connectivity index (χ1) is 30.7. The van der Waals surface area contributed by atoms with E-state index in [4.69, 9.17) is 5.73 Å². The van der Waals surface area contributed by atoms with E-state index in [1.165, 1.54) is 333 Å². The van der Waals surface area contributed by atoms with Crippen molar-refractivity contribution < 1.29 is 0 Å². The van der Waals surface area contributed by atoms with Crippen molar-refractivity contribution in [2.24, 2.45) is 5.73 Å². The Morgan fingerprint density at radius 2 is 0.492 bits per heavy atom. The Morgan fingerprint density at radius 3 is 0.746 bits per heavy atom. The van der Waals surface area contributed by atoms with Crippen LogP contribution in [0, 0.1) is 0 Å². The van der Waals surface area contributed by atoms with Crippen molar-refractivity contribution >= 4 is 12.4 Å². The van der Waals surface area contributed by atoms with Crippen LogP contribution in [0.1, 0.15) is 353 Å². The summed E-state index contributed by atoms with van der Waals surface area (Å²) >= 11 is 0. The van der Waals surface area contributed by atoms with Crippen molar-refractivity contribution in [3.05, 3.63) is 35.4 Å². The molecule has 0 aliphatic rings. The van der Waals surface area contributed by atoms with Gasteiger partial charge in [-0.2, -0.15) is 0 Å². The molecule has 0 saturated heterocycles. The van der Waals surface area contributed by atoms with Crippen molar-refractivity contribution in [1.29, 1.82) is 0 Å². The summed E-state index contributed by atoms with van der Waals surface area (Å²) in [6.07, 6.45) is 72.2. The van der Waals surface area contributed by atoms with E-state index in [9.17, 15) is 0 Å². The predicted molar refractivity (Wildman–Crippen MR) is 291 cm³/mol. The molecule has 2 N–H and O–H groups in total. The van der Waals surface area contributed by atoms with E-state index in [0.29, 0.717) is 0 Å². The van der Waals surface area contributed by atoms with E-state index in [1.807, 2.05) is 0 Å². The zero-order valence-corrected chi connectivity index (χ0v) is 44.7. The fourth-order valence-electron chi connectivity index (χ4n) is 10.5. The van der Waals surface area contributed by atoms with E-state index >= 15 is 0 Å². The highest BCUT2D eigenvalue weighted by atomic mass is 35.5. The van der Waals surface area contributed by atoms with E-state index in [1.54, 1.807) is 5.56 Å². The summed E-state index contributed by atoms with van der Waals surface area (Å²) in [5.41, 5.74) is 10.5. The molecule has 0 spiro atoms. The normalized spacial score (nSPS) is 11.7. The molecule has 1 aromatic carbocycles. The third kappa shape index (κ3) is 41.4. The average molecular weight is 901 g/mol. The first-order valence-corrected chi connectivity index (χ1v) is 29.5. The lowest BCUT2D eigenvalue weighted by Crippen LogP contribution is -2.37. The summed E-state index contributed by atoms with van der Waals surface area (Å²) in [6.45, 7) is 6.95.